The lowest BCUT2D eigenvalue weighted by molar-refractivity contribution is -0.140. The molecule has 0 radical (unpaired) electrons. The van der Waals surface area contributed by atoms with Crippen molar-refractivity contribution in [1.29, 1.82) is 0 Å². The van der Waals surface area contributed by atoms with Crippen molar-refractivity contribution in [2.24, 2.45) is 0 Å². The van der Waals surface area contributed by atoms with E-state index in [0.717, 1.165) is 0 Å². The number of carbonyl (C=O) groups is 3. The summed E-state index contributed by atoms with van der Waals surface area (Å²) in [4.78, 5) is 31.0. The van der Waals surface area contributed by atoms with Crippen LogP contribution in [0.2, 0.25) is 0 Å². The summed E-state index contributed by atoms with van der Waals surface area (Å²) in [5.41, 5.74) is 0. The molecule has 80 valence electrons. The number of aliphatic carboxylic acids is 2. The summed E-state index contributed by atoms with van der Waals surface area (Å²) in [6.45, 7) is -0.294. The highest BCUT2D eigenvalue weighted by molar-refractivity contribution is 6.64. The molecule has 0 aromatic rings. The van der Waals surface area contributed by atoms with Gasteiger partial charge >= 0.3 is 11.9 Å². The molecular weight excluding hydrogens is 214 g/mol. The van der Waals surface area contributed by atoms with Crippen molar-refractivity contribution in [3.63, 3.8) is 0 Å². The number of carbonyl (C=O) groups excluding carboxylic acids is 1. The number of hydrogen-bond acceptors (Lipinski definition) is 4. The Balaban J connectivity index is 3.96. The highest BCUT2D eigenvalue weighted by atomic mass is 35.5. The van der Waals surface area contributed by atoms with Gasteiger partial charge in [-0.1, -0.05) is 0 Å². The smallest absolute Gasteiger partial charge is 0.320 e. The summed E-state index contributed by atoms with van der Waals surface area (Å²) in [6, 6.07) is -1.06. The Morgan fingerprint density at radius 3 is 2.21 bits per heavy atom. The van der Waals surface area contributed by atoms with Gasteiger partial charge in [0.05, 0.1) is 6.54 Å². The molecule has 6 nitrogen and oxygen atoms in total. The topological polar surface area (TPSA) is 104 Å². The van der Waals surface area contributed by atoms with E-state index in [1.165, 1.54) is 0 Å². The molecule has 0 spiro atoms. The molecule has 14 heavy (non-hydrogen) atoms. The minimum absolute atomic E-state index is 0.0885. The second kappa shape index (κ2) is 6.33. The standard InChI is InChI=1S/C7H10ClNO5/c8-5(10)3-9-4(7(13)14)1-2-6(11)12/h4,9H,1-3H2,(H,11,12)(H,13,14)/t4-/m0/s1. The maximum absolute atomic E-state index is 10.5. The van der Waals surface area contributed by atoms with Gasteiger partial charge in [-0.05, 0) is 18.0 Å². The van der Waals surface area contributed by atoms with Crippen LogP contribution in [0.15, 0.2) is 0 Å². The zero-order chi connectivity index (χ0) is 11.1. The van der Waals surface area contributed by atoms with Crippen molar-refractivity contribution in [2.45, 2.75) is 18.9 Å². The molecule has 0 unspecified atom stereocenters. The van der Waals surface area contributed by atoms with Crippen molar-refractivity contribution >= 4 is 28.8 Å². The van der Waals surface area contributed by atoms with Crippen LogP contribution < -0.4 is 5.32 Å². The molecule has 0 aliphatic rings. The van der Waals surface area contributed by atoms with Crippen molar-refractivity contribution in [3.8, 4) is 0 Å². The lowest BCUT2D eigenvalue weighted by Gasteiger charge is -2.10. The van der Waals surface area contributed by atoms with Crippen LogP contribution in [-0.4, -0.2) is 40.0 Å². The Hall–Kier alpha value is -1.14. The first-order valence-corrected chi connectivity index (χ1v) is 4.17. The fourth-order valence-corrected chi connectivity index (χ4v) is 0.861. The Labute approximate surface area is 84.9 Å². The summed E-state index contributed by atoms with van der Waals surface area (Å²) in [6.07, 6.45) is -0.366. The third-order valence-corrected chi connectivity index (χ3v) is 1.57. The first-order chi connectivity index (χ1) is 6.43. The number of hydrogen-bond donors (Lipinski definition) is 3. The van der Waals surface area contributed by atoms with Crippen LogP contribution in [0.25, 0.3) is 0 Å². The quantitative estimate of drug-likeness (QED) is 0.510. The molecule has 3 N–H and O–H groups in total. The van der Waals surface area contributed by atoms with Crippen molar-refractivity contribution in [3.05, 3.63) is 0 Å². The zero-order valence-corrected chi connectivity index (χ0v) is 7.95. The molecule has 0 aliphatic heterocycles. The van der Waals surface area contributed by atoms with Gasteiger partial charge in [-0.25, -0.2) is 0 Å². The second-order valence-corrected chi connectivity index (χ2v) is 2.98. The molecule has 0 rings (SSSR count). The van der Waals surface area contributed by atoms with E-state index >= 15 is 0 Å². The van der Waals surface area contributed by atoms with E-state index in [1.807, 2.05) is 0 Å². The van der Waals surface area contributed by atoms with E-state index in [2.05, 4.69) is 5.32 Å². The summed E-state index contributed by atoms with van der Waals surface area (Å²) in [7, 11) is 0. The van der Waals surface area contributed by atoms with Gasteiger partial charge in [-0.15, -0.1) is 0 Å². The van der Waals surface area contributed by atoms with Crippen LogP contribution in [0.5, 0.6) is 0 Å². The predicted octanol–water partition coefficient (Wildman–Crippen LogP) is -0.341. The lowest BCUT2D eigenvalue weighted by atomic mass is 10.1. The second-order valence-electron chi connectivity index (χ2n) is 2.56. The molecule has 0 amide bonds. The van der Waals surface area contributed by atoms with Crippen LogP contribution in [-0.2, 0) is 14.4 Å². The Morgan fingerprint density at radius 1 is 1.29 bits per heavy atom. The van der Waals surface area contributed by atoms with Crippen molar-refractivity contribution in [2.75, 3.05) is 6.54 Å². The summed E-state index contributed by atoms with van der Waals surface area (Å²) in [5, 5.41) is 18.5. The number of nitrogens with one attached hydrogen (secondary N) is 1. The van der Waals surface area contributed by atoms with E-state index < -0.39 is 23.2 Å². The number of rotatable bonds is 7. The number of halogens is 1. The minimum atomic E-state index is -1.20. The SMILES string of the molecule is O=C(O)CC[C@H](NCC(=O)Cl)C(=O)O. The van der Waals surface area contributed by atoms with E-state index in [4.69, 9.17) is 21.8 Å². The third kappa shape index (κ3) is 6.38. The van der Waals surface area contributed by atoms with E-state index in [1.54, 1.807) is 0 Å². The fourth-order valence-electron chi connectivity index (χ4n) is 0.784. The van der Waals surface area contributed by atoms with Gasteiger partial charge in [0.1, 0.15) is 6.04 Å². The maximum atomic E-state index is 10.5. The van der Waals surface area contributed by atoms with Crippen LogP contribution >= 0.6 is 11.6 Å². The van der Waals surface area contributed by atoms with Gasteiger partial charge in [0.2, 0.25) is 5.24 Å². The van der Waals surface area contributed by atoms with Gasteiger partial charge in [-0.2, -0.15) is 0 Å². The molecule has 7 heteroatoms. The van der Waals surface area contributed by atoms with Crippen LogP contribution in [0.4, 0.5) is 0 Å². The van der Waals surface area contributed by atoms with Crippen LogP contribution in [0.1, 0.15) is 12.8 Å². The van der Waals surface area contributed by atoms with Crippen LogP contribution in [0, 0.1) is 0 Å². The Morgan fingerprint density at radius 2 is 1.86 bits per heavy atom. The summed E-state index contributed by atoms with van der Waals surface area (Å²) < 4.78 is 0. The maximum Gasteiger partial charge on any atom is 0.320 e. The van der Waals surface area contributed by atoms with Crippen molar-refractivity contribution in [1.82, 2.24) is 5.32 Å². The molecular formula is C7H10ClNO5. The molecule has 1 atom stereocenters. The highest BCUT2D eigenvalue weighted by Gasteiger charge is 2.18. The summed E-state index contributed by atoms with van der Waals surface area (Å²) in [5.74, 6) is -2.29. The first-order valence-electron chi connectivity index (χ1n) is 3.79. The molecule has 0 bridgehead atoms. The number of carboxylic acids is 2. The molecule has 0 aromatic carbocycles. The summed E-state index contributed by atoms with van der Waals surface area (Å²) >= 11 is 4.98. The molecule has 0 saturated carbocycles. The van der Waals surface area contributed by atoms with Gasteiger partial charge in [0.15, 0.2) is 0 Å². The van der Waals surface area contributed by atoms with E-state index in [9.17, 15) is 14.4 Å². The average molecular weight is 224 g/mol. The first kappa shape index (κ1) is 12.9. The van der Waals surface area contributed by atoms with Gasteiger partial charge < -0.3 is 10.2 Å². The number of carboxylic acid groups (broad SMARTS) is 2. The Kier molecular flexibility index (Phi) is 5.82. The van der Waals surface area contributed by atoms with Crippen LogP contribution in [0.3, 0.4) is 0 Å². The van der Waals surface area contributed by atoms with Gasteiger partial charge in [-0.3, -0.25) is 19.7 Å². The third-order valence-electron chi connectivity index (χ3n) is 1.43. The normalized spacial score (nSPS) is 12.1. The molecule has 0 aliphatic carbocycles. The van der Waals surface area contributed by atoms with E-state index in [-0.39, 0.29) is 19.4 Å². The van der Waals surface area contributed by atoms with Crippen molar-refractivity contribution < 1.29 is 24.6 Å². The highest BCUT2D eigenvalue weighted by Crippen LogP contribution is 1.97. The predicted molar refractivity (Wildman–Crippen MR) is 47.2 cm³/mol. The molecule has 0 fully saturated rings. The molecule has 0 aromatic heterocycles. The zero-order valence-electron chi connectivity index (χ0n) is 7.20. The monoisotopic (exact) mass is 223 g/mol. The van der Waals surface area contributed by atoms with E-state index in [0.29, 0.717) is 0 Å². The molecule has 0 heterocycles. The molecule has 0 saturated heterocycles. The average Bonchev–Trinajstić information content (AvgIpc) is 2.02. The minimum Gasteiger partial charge on any atom is -0.481 e. The Bertz CT molecular complexity index is 224. The van der Waals surface area contributed by atoms with Gasteiger partial charge in [0, 0.05) is 6.42 Å². The fraction of sp³-hybridized carbons (Fsp3) is 0.571. The largest absolute Gasteiger partial charge is 0.481 e. The lowest BCUT2D eigenvalue weighted by Crippen LogP contribution is -2.39. The van der Waals surface area contributed by atoms with Gasteiger partial charge in [0.25, 0.3) is 0 Å².